The lowest BCUT2D eigenvalue weighted by Crippen LogP contribution is -2.19. The third-order valence-electron chi connectivity index (χ3n) is 4.88. The number of aliphatic carboxylic acids is 1. The Labute approximate surface area is 175 Å². The van der Waals surface area contributed by atoms with Gasteiger partial charge in [-0.05, 0) is 42.7 Å². The quantitative estimate of drug-likeness (QED) is 0.220. The lowest BCUT2D eigenvalue weighted by Gasteiger charge is -2.17. The molecule has 0 fully saturated rings. The molecule has 0 bridgehead atoms. The van der Waals surface area contributed by atoms with E-state index in [0.717, 1.165) is 43.8 Å². The molecule has 0 aromatic heterocycles. The van der Waals surface area contributed by atoms with Crippen molar-refractivity contribution in [3.8, 4) is 5.75 Å². The first-order valence-corrected chi connectivity index (χ1v) is 10.1. The van der Waals surface area contributed by atoms with E-state index in [9.17, 15) is 19.2 Å². The summed E-state index contributed by atoms with van der Waals surface area (Å²) in [5.41, 5.74) is 1.81. The van der Waals surface area contributed by atoms with Crippen LogP contribution in [-0.4, -0.2) is 29.6 Å². The number of aldehydes is 2. The number of rotatable bonds is 13. The number of hydrogen-bond acceptors (Lipinski definition) is 5. The molecule has 6 heteroatoms. The zero-order valence-corrected chi connectivity index (χ0v) is 16.8. The Morgan fingerprint density at radius 2 is 1.33 bits per heavy atom. The Hall–Kier alpha value is -3.28. The molecule has 0 heterocycles. The predicted octanol–water partition coefficient (Wildman–Crippen LogP) is 4.82. The van der Waals surface area contributed by atoms with E-state index in [1.165, 1.54) is 0 Å². The minimum atomic E-state index is -0.780. The Bertz CT molecular complexity index is 839. The maximum Gasteiger partial charge on any atom is 0.318 e. The normalized spacial score (nSPS) is 11.5. The largest absolute Gasteiger partial charge is 0.481 e. The second-order valence-corrected chi connectivity index (χ2v) is 7.15. The van der Waals surface area contributed by atoms with Crippen LogP contribution in [0.25, 0.3) is 0 Å². The van der Waals surface area contributed by atoms with Gasteiger partial charge in [-0.3, -0.25) is 19.2 Å². The van der Waals surface area contributed by atoms with Crippen molar-refractivity contribution in [3.63, 3.8) is 0 Å². The van der Waals surface area contributed by atoms with Crippen molar-refractivity contribution in [2.24, 2.45) is 0 Å². The van der Waals surface area contributed by atoms with E-state index in [1.807, 2.05) is 0 Å². The number of carboxylic acids is 1. The van der Waals surface area contributed by atoms with Crippen molar-refractivity contribution in [2.45, 2.75) is 50.9 Å². The van der Waals surface area contributed by atoms with Crippen LogP contribution in [0.5, 0.6) is 5.75 Å². The summed E-state index contributed by atoms with van der Waals surface area (Å²) in [6.07, 6.45) is 6.35. The van der Waals surface area contributed by atoms with Gasteiger partial charge in [-0.25, -0.2) is 0 Å². The van der Waals surface area contributed by atoms with Crippen molar-refractivity contribution in [1.29, 1.82) is 0 Å². The Balaban J connectivity index is 1.98. The summed E-state index contributed by atoms with van der Waals surface area (Å²) in [7, 11) is 0. The van der Waals surface area contributed by atoms with Gasteiger partial charge in [0.05, 0.1) is 5.92 Å². The highest BCUT2D eigenvalue weighted by Gasteiger charge is 2.22. The summed E-state index contributed by atoms with van der Waals surface area (Å²) in [6.45, 7) is 0. The second-order valence-electron chi connectivity index (χ2n) is 7.15. The van der Waals surface area contributed by atoms with Crippen LogP contribution in [0.3, 0.4) is 0 Å². The minimum Gasteiger partial charge on any atom is -0.481 e. The maximum atomic E-state index is 12.8. The summed E-state index contributed by atoms with van der Waals surface area (Å²) in [5, 5.41) is 8.67. The van der Waals surface area contributed by atoms with Crippen molar-refractivity contribution in [1.82, 2.24) is 0 Å². The van der Waals surface area contributed by atoms with Gasteiger partial charge < -0.3 is 9.84 Å². The molecule has 158 valence electrons. The van der Waals surface area contributed by atoms with Crippen molar-refractivity contribution < 1.29 is 29.0 Å². The monoisotopic (exact) mass is 410 g/mol. The summed E-state index contributed by atoms with van der Waals surface area (Å²) in [5.74, 6) is -1.28. The lowest BCUT2D eigenvalue weighted by atomic mass is 9.92. The van der Waals surface area contributed by atoms with E-state index < -0.39 is 17.9 Å². The molecule has 2 aromatic rings. The highest BCUT2D eigenvalue weighted by molar-refractivity contribution is 5.81. The van der Waals surface area contributed by atoms with Gasteiger partial charge in [0.25, 0.3) is 0 Å². The fraction of sp³-hybridized carbons (Fsp3) is 0.333. The topological polar surface area (TPSA) is 97.7 Å². The first kappa shape index (κ1) is 23.0. The van der Waals surface area contributed by atoms with Crippen LogP contribution in [0.1, 0.15) is 77.1 Å². The number of carbonyl (C=O) groups is 4. The van der Waals surface area contributed by atoms with E-state index in [-0.39, 0.29) is 6.42 Å². The second kappa shape index (κ2) is 12.3. The SMILES string of the molecule is O=Cc1ccc(OC(=O)C(CCCCCCCC(=O)O)c2ccc(C=O)cc2)cc1. The molecular formula is C24H26O6. The highest BCUT2D eigenvalue weighted by atomic mass is 16.5. The fourth-order valence-electron chi connectivity index (χ4n) is 3.18. The van der Waals surface area contributed by atoms with Crippen LogP contribution < -0.4 is 4.74 Å². The predicted molar refractivity (Wildman–Crippen MR) is 112 cm³/mol. The molecule has 2 aromatic carbocycles. The molecule has 0 saturated heterocycles. The number of carbonyl (C=O) groups excluding carboxylic acids is 3. The molecule has 2 rings (SSSR count). The molecule has 0 amide bonds. The minimum absolute atomic E-state index is 0.181. The average Bonchev–Trinajstić information content (AvgIpc) is 2.76. The molecule has 6 nitrogen and oxygen atoms in total. The van der Waals surface area contributed by atoms with Gasteiger partial charge in [-0.1, -0.05) is 49.9 Å². The van der Waals surface area contributed by atoms with E-state index >= 15 is 0 Å². The lowest BCUT2D eigenvalue weighted by molar-refractivity contribution is -0.137. The van der Waals surface area contributed by atoms with E-state index in [4.69, 9.17) is 9.84 Å². The zero-order chi connectivity index (χ0) is 21.8. The van der Waals surface area contributed by atoms with Crippen LogP contribution in [-0.2, 0) is 9.59 Å². The first-order chi connectivity index (χ1) is 14.5. The Kier molecular flexibility index (Phi) is 9.45. The van der Waals surface area contributed by atoms with Gasteiger partial charge in [0.15, 0.2) is 0 Å². The highest BCUT2D eigenvalue weighted by Crippen LogP contribution is 2.26. The Morgan fingerprint density at radius 1 is 0.800 bits per heavy atom. The van der Waals surface area contributed by atoms with Gasteiger partial charge in [0, 0.05) is 17.5 Å². The molecule has 0 aliphatic rings. The number of carboxylic acid groups (broad SMARTS) is 1. The van der Waals surface area contributed by atoms with Crippen LogP contribution in [0.4, 0.5) is 0 Å². The number of ether oxygens (including phenoxy) is 1. The molecule has 0 spiro atoms. The maximum absolute atomic E-state index is 12.8. The van der Waals surface area contributed by atoms with E-state index in [2.05, 4.69) is 0 Å². The molecule has 1 atom stereocenters. The van der Waals surface area contributed by atoms with Crippen LogP contribution in [0.15, 0.2) is 48.5 Å². The number of unbranched alkanes of at least 4 members (excludes halogenated alkanes) is 4. The summed E-state index contributed by atoms with van der Waals surface area (Å²) >= 11 is 0. The Morgan fingerprint density at radius 3 is 1.90 bits per heavy atom. The summed E-state index contributed by atoms with van der Waals surface area (Å²) in [6, 6.07) is 13.2. The molecule has 1 unspecified atom stereocenters. The number of hydrogen-bond donors (Lipinski definition) is 1. The molecule has 0 aliphatic heterocycles. The summed E-state index contributed by atoms with van der Waals surface area (Å²) in [4.78, 5) is 45.1. The first-order valence-electron chi connectivity index (χ1n) is 10.1. The molecule has 30 heavy (non-hydrogen) atoms. The average molecular weight is 410 g/mol. The van der Waals surface area contributed by atoms with Crippen LogP contribution in [0, 0.1) is 0 Å². The molecular weight excluding hydrogens is 384 g/mol. The van der Waals surface area contributed by atoms with Gasteiger partial charge >= 0.3 is 11.9 Å². The van der Waals surface area contributed by atoms with Crippen LogP contribution in [0.2, 0.25) is 0 Å². The third kappa shape index (κ3) is 7.62. The van der Waals surface area contributed by atoms with Gasteiger partial charge in [0.2, 0.25) is 0 Å². The van der Waals surface area contributed by atoms with E-state index in [0.29, 0.717) is 29.7 Å². The van der Waals surface area contributed by atoms with E-state index in [1.54, 1.807) is 48.5 Å². The standard InChI is InChI=1S/C24H26O6/c25-16-18-8-12-20(13-9-18)22(6-4-2-1-3-5-7-23(27)28)24(29)30-21-14-10-19(17-26)11-15-21/h8-17,22H,1-7H2,(H,27,28). The number of benzene rings is 2. The smallest absolute Gasteiger partial charge is 0.318 e. The van der Waals surface area contributed by atoms with Crippen molar-refractivity contribution >= 4 is 24.5 Å². The molecule has 0 radical (unpaired) electrons. The van der Waals surface area contributed by atoms with Crippen molar-refractivity contribution in [3.05, 3.63) is 65.2 Å². The third-order valence-corrected chi connectivity index (χ3v) is 4.88. The van der Waals surface area contributed by atoms with Crippen molar-refractivity contribution in [2.75, 3.05) is 0 Å². The van der Waals surface area contributed by atoms with Gasteiger partial charge in [-0.2, -0.15) is 0 Å². The van der Waals surface area contributed by atoms with Crippen LogP contribution >= 0.6 is 0 Å². The van der Waals surface area contributed by atoms with Gasteiger partial charge in [0.1, 0.15) is 18.3 Å². The summed E-state index contributed by atoms with van der Waals surface area (Å²) < 4.78 is 5.52. The molecule has 0 aliphatic carbocycles. The molecule has 0 saturated carbocycles. The number of esters is 1. The molecule has 1 N–H and O–H groups in total. The zero-order valence-electron chi connectivity index (χ0n) is 16.8. The van der Waals surface area contributed by atoms with Gasteiger partial charge in [-0.15, -0.1) is 0 Å². The fourth-order valence-corrected chi connectivity index (χ4v) is 3.18.